The molecule has 0 bridgehead atoms. The monoisotopic (exact) mass is 283 g/mol. The molecule has 0 saturated carbocycles. The van der Waals surface area contributed by atoms with Crippen molar-refractivity contribution < 1.29 is 14.6 Å². The fourth-order valence-electron chi connectivity index (χ4n) is 2.53. The third-order valence-corrected chi connectivity index (χ3v) is 3.63. The predicted molar refractivity (Wildman–Crippen MR) is 78.4 cm³/mol. The van der Waals surface area contributed by atoms with Crippen molar-refractivity contribution in [3.05, 3.63) is 71.3 Å². The summed E-state index contributed by atoms with van der Waals surface area (Å²) in [5.74, 6) is 0. The number of rotatable bonds is 2. The van der Waals surface area contributed by atoms with Crippen molar-refractivity contribution in [3.63, 3.8) is 0 Å². The van der Waals surface area contributed by atoms with Crippen LogP contribution in [0.5, 0.6) is 0 Å². The molecule has 1 aliphatic rings. The number of hydrogen-bond donors (Lipinski definition) is 1. The summed E-state index contributed by atoms with van der Waals surface area (Å²) in [6.45, 7) is 0.986. The largest absolute Gasteiger partial charge is 0.445 e. The number of nitrogens with zero attached hydrogens (tertiary/aromatic N) is 1. The Morgan fingerprint density at radius 3 is 2.67 bits per heavy atom. The molecule has 108 valence electrons. The van der Waals surface area contributed by atoms with Gasteiger partial charge in [0, 0.05) is 6.54 Å². The van der Waals surface area contributed by atoms with Crippen molar-refractivity contribution in [2.24, 2.45) is 0 Å². The molecule has 0 saturated heterocycles. The molecule has 4 nitrogen and oxygen atoms in total. The van der Waals surface area contributed by atoms with Crippen LogP contribution < -0.4 is 0 Å². The van der Waals surface area contributed by atoms with Gasteiger partial charge in [0.05, 0.1) is 12.6 Å². The molecule has 21 heavy (non-hydrogen) atoms. The number of carbonyl (C=O) groups is 1. The number of carbonyl (C=O) groups excluding carboxylic acids is 1. The number of aliphatic hydroxyl groups excluding tert-OH is 1. The third kappa shape index (κ3) is 3.06. The molecule has 2 aromatic carbocycles. The van der Waals surface area contributed by atoms with Gasteiger partial charge in [-0.3, -0.25) is 0 Å². The van der Waals surface area contributed by atoms with Gasteiger partial charge in [-0.25, -0.2) is 4.79 Å². The Hall–Kier alpha value is -2.33. The van der Waals surface area contributed by atoms with Crippen LogP contribution in [0.15, 0.2) is 54.6 Å². The van der Waals surface area contributed by atoms with Crippen molar-refractivity contribution in [2.45, 2.75) is 19.3 Å². The molecule has 4 heteroatoms. The van der Waals surface area contributed by atoms with Crippen LogP contribution in [0.3, 0.4) is 0 Å². The van der Waals surface area contributed by atoms with Gasteiger partial charge in [0.25, 0.3) is 0 Å². The molecule has 1 amide bonds. The van der Waals surface area contributed by atoms with Crippen molar-refractivity contribution in [3.8, 4) is 0 Å². The fourth-order valence-corrected chi connectivity index (χ4v) is 2.53. The second kappa shape index (κ2) is 5.97. The summed E-state index contributed by atoms with van der Waals surface area (Å²) < 4.78 is 5.31. The Morgan fingerprint density at radius 1 is 1.14 bits per heavy atom. The summed E-state index contributed by atoms with van der Waals surface area (Å²) in [6, 6.07) is 17.2. The molecule has 0 radical (unpaired) electrons. The smallest absolute Gasteiger partial charge is 0.410 e. The number of β-amino-alcohol motifs (C(OH)–C–C–N with tert-alkyl or cyclic N) is 1. The van der Waals surface area contributed by atoms with Crippen molar-refractivity contribution in [2.75, 3.05) is 6.54 Å². The summed E-state index contributed by atoms with van der Waals surface area (Å²) in [4.78, 5) is 13.7. The second-order valence-corrected chi connectivity index (χ2v) is 5.14. The van der Waals surface area contributed by atoms with E-state index in [0.717, 1.165) is 16.7 Å². The van der Waals surface area contributed by atoms with Gasteiger partial charge in [-0.2, -0.15) is 0 Å². The molecule has 0 aliphatic carbocycles. The predicted octanol–water partition coefficient (Wildman–Crippen LogP) is 2.87. The summed E-state index contributed by atoms with van der Waals surface area (Å²) in [5.41, 5.74) is 2.81. The van der Waals surface area contributed by atoms with Gasteiger partial charge in [-0.1, -0.05) is 54.6 Å². The van der Waals surface area contributed by atoms with Crippen LogP contribution in [-0.4, -0.2) is 22.6 Å². The van der Waals surface area contributed by atoms with E-state index in [1.807, 2.05) is 54.6 Å². The molecule has 1 heterocycles. The van der Waals surface area contributed by atoms with E-state index in [9.17, 15) is 9.90 Å². The molecule has 3 rings (SSSR count). The van der Waals surface area contributed by atoms with Crippen molar-refractivity contribution in [1.29, 1.82) is 0 Å². The first-order chi connectivity index (χ1) is 10.2. The third-order valence-electron chi connectivity index (χ3n) is 3.63. The average Bonchev–Trinajstić information content (AvgIpc) is 2.53. The SMILES string of the molecule is O=C(OCc1ccccc1)N1Cc2ccccc2C(O)C1. The van der Waals surface area contributed by atoms with E-state index in [0.29, 0.717) is 6.54 Å². The molecule has 1 unspecified atom stereocenters. The first-order valence-corrected chi connectivity index (χ1v) is 6.95. The van der Waals surface area contributed by atoms with Crippen LogP contribution >= 0.6 is 0 Å². The van der Waals surface area contributed by atoms with E-state index in [1.165, 1.54) is 4.90 Å². The topological polar surface area (TPSA) is 49.8 Å². The number of ether oxygens (including phenoxy) is 1. The summed E-state index contributed by atoms with van der Waals surface area (Å²) in [5, 5.41) is 10.1. The van der Waals surface area contributed by atoms with Gasteiger partial charge in [-0.05, 0) is 16.7 Å². The van der Waals surface area contributed by atoms with Crippen LogP contribution in [0.4, 0.5) is 4.79 Å². The van der Waals surface area contributed by atoms with Crippen LogP contribution in [0.2, 0.25) is 0 Å². The highest BCUT2D eigenvalue weighted by atomic mass is 16.6. The molecule has 0 spiro atoms. The Labute approximate surface area is 123 Å². The number of benzene rings is 2. The zero-order valence-electron chi connectivity index (χ0n) is 11.6. The van der Waals surface area contributed by atoms with Crippen LogP contribution in [0, 0.1) is 0 Å². The molecule has 1 atom stereocenters. The molecule has 0 aromatic heterocycles. The lowest BCUT2D eigenvalue weighted by Gasteiger charge is -2.31. The Kier molecular flexibility index (Phi) is 3.88. The summed E-state index contributed by atoms with van der Waals surface area (Å²) in [6.07, 6.45) is -1.05. The van der Waals surface area contributed by atoms with Gasteiger partial charge < -0.3 is 14.7 Å². The van der Waals surface area contributed by atoms with E-state index in [2.05, 4.69) is 0 Å². The lowest BCUT2D eigenvalue weighted by molar-refractivity contribution is 0.0571. The maximum absolute atomic E-state index is 12.1. The maximum Gasteiger partial charge on any atom is 0.410 e. The summed E-state index contributed by atoms with van der Waals surface area (Å²) >= 11 is 0. The Balaban J connectivity index is 1.64. The van der Waals surface area contributed by atoms with Crippen LogP contribution in [0.25, 0.3) is 0 Å². The average molecular weight is 283 g/mol. The molecular weight excluding hydrogens is 266 g/mol. The first-order valence-electron chi connectivity index (χ1n) is 6.95. The Bertz CT molecular complexity index is 627. The van der Waals surface area contributed by atoms with Crippen LogP contribution in [0.1, 0.15) is 22.8 Å². The van der Waals surface area contributed by atoms with Crippen molar-refractivity contribution >= 4 is 6.09 Å². The molecule has 2 aromatic rings. The molecule has 0 fully saturated rings. The van der Waals surface area contributed by atoms with E-state index >= 15 is 0 Å². The van der Waals surface area contributed by atoms with E-state index in [-0.39, 0.29) is 13.2 Å². The molecule has 1 aliphatic heterocycles. The van der Waals surface area contributed by atoms with E-state index in [1.54, 1.807) is 0 Å². The fraction of sp³-hybridized carbons (Fsp3) is 0.235. The minimum Gasteiger partial charge on any atom is -0.445 e. The highest BCUT2D eigenvalue weighted by Crippen LogP contribution is 2.26. The lowest BCUT2D eigenvalue weighted by atomic mass is 9.98. The number of hydrogen-bond acceptors (Lipinski definition) is 3. The van der Waals surface area contributed by atoms with Gasteiger partial charge in [0.1, 0.15) is 6.61 Å². The molecule has 1 N–H and O–H groups in total. The zero-order chi connectivity index (χ0) is 14.7. The lowest BCUT2D eigenvalue weighted by Crippen LogP contribution is -2.38. The zero-order valence-corrected chi connectivity index (χ0v) is 11.6. The quantitative estimate of drug-likeness (QED) is 0.922. The minimum atomic E-state index is -0.653. The standard InChI is InChI=1S/C17H17NO3/c19-16-11-18(10-14-8-4-5-9-15(14)16)17(20)21-12-13-6-2-1-3-7-13/h1-9,16,19H,10-12H2. The minimum absolute atomic E-state index is 0.244. The van der Waals surface area contributed by atoms with E-state index in [4.69, 9.17) is 4.74 Å². The number of fused-ring (bicyclic) bond motifs is 1. The summed E-state index contributed by atoms with van der Waals surface area (Å²) in [7, 11) is 0. The van der Waals surface area contributed by atoms with Crippen molar-refractivity contribution in [1.82, 2.24) is 4.90 Å². The van der Waals surface area contributed by atoms with Gasteiger partial charge in [0.15, 0.2) is 0 Å². The first kappa shape index (κ1) is 13.6. The number of aliphatic hydroxyl groups is 1. The number of amides is 1. The Morgan fingerprint density at radius 2 is 1.86 bits per heavy atom. The molecular formula is C17H17NO3. The van der Waals surface area contributed by atoms with Crippen LogP contribution in [-0.2, 0) is 17.9 Å². The van der Waals surface area contributed by atoms with Gasteiger partial charge in [0.2, 0.25) is 0 Å². The second-order valence-electron chi connectivity index (χ2n) is 5.14. The highest BCUT2D eigenvalue weighted by molar-refractivity contribution is 5.68. The van der Waals surface area contributed by atoms with E-state index < -0.39 is 12.2 Å². The maximum atomic E-state index is 12.1. The van der Waals surface area contributed by atoms with Gasteiger partial charge >= 0.3 is 6.09 Å². The normalized spacial score (nSPS) is 17.2. The highest BCUT2D eigenvalue weighted by Gasteiger charge is 2.27. The van der Waals surface area contributed by atoms with Gasteiger partial charge in [-0.15, -0.1) is 0 Å².